The first-order valence-corrected chi connectivity index (χ1v) is 6.31. The molecule has 4 nitrogen and oxygen atoms in total. The molecule has 0 bridgehead atoms. The summed E-state index contributed by atoms with van der Waals surface area (Å²) in [6.07, 6.45) is 3.15. The Labute approximate surface area is 116 Å². The van der Waals surface area contributed by atoms with Crippen LogP contribution in [0.1, 0.15) is 0 Å². The standard InChI is InChI=1S/C12H6BrClN4/c13-8-3-1-7(2-4-8)11-17-10(14)9-12(18-11)16-6-5-15-9/h1-6H. The quantitative estimate of drug-likeness (QED) is 0.644. The fraction of sp³-hybridized carbons (Fsp3) is 0. The summed E-state index contributed by atoms with van der Waals surface area (Å²) in [6.45, 7) is 0. The molecule has 0 spiro atoms. The SMILES string of the molecule is Clc1nc(-c2ccc(Br)cc2)nc2nccnc12. The minimum absolute atomic E-state index is 0.311. The van der Waals surface area contributed by atoms with Crippen LogP contribution in [0.15, 0.2) is 41.1 Å². The normalized spacial score (nSPS) is 10.8. The number of rotatable bonds is 1. The van der Waals surface area contributed by atoms with Crippen molar-refractivity contribution in [2.75, 3.05) is 0 Å². The third-order valence-electron chi connectivity index (χ3n) is 2.39. The van der Waals surface area contributed by atoms with Gasteiger partial charge in [-0.2, -0.15) is 0 Å². The maximum Gasteiger partial charge on any atom is 0.183 e. The lowest BCUT2D eigenvalue weighted by atomic mass is 10.2. The van der Waals surface area contributed by atoms with Crippen molar-refractivity contribution in [3.8, 4) is 11.4 Å². The number of nitrogens with zero attached hydrogens (tertiary/aromatic N) is 4. The van der Waals surface area contributed by atoms with Gasteiger partial charge in [0.15, 0.2) is 16.6 Å². The Balaban J connectivity index is 2.21. The molecule has 2 heterocycles. The number of benzene rings is 1. The summed E-state index contributed by atoms with van der Waals surface area (Å²) in [5.41, 5.74) is 1.89. The van der Waals surface area contributed by atoms with E-state index in [1.165, 1.54) is 0 Å². The molecule has 0 unspecified atom stereocenters. The van der Waals surface area contributed by atoms with Crippen LogP contribution in [0.4, 0.5) is 0 Å². The first-order valence-electron chi connectivity index (χ1n) is 5.14. The van der Waals surface area contributed by atoms with Gasteiger partial charge in [-0.25, -0.2) is 19.9 Å². The lowest BCUT2D eigenvalue weighted by Crippen LogP contribution is -1.95. The third-order valence-corrected chi connectivity index (χ3v) is 3.18. The van der Waals surface area contributed by atoms with Crippen molar-refractivity contribution in [2.45, 2.75) is 0 Å². The Bertz CT molecular complexity index is 715. The van der Waals surface area contributed by atoms with E-state index in [4.69, 9.17) is 11.6 Å². The van der Waals surface area contributed by atoms with Gasteiger partial charge in [0.1, 0.15) is 5.52 Å². The van der Waals surface area contributed by atoms with E-state index in [1.54, 1.807) is 12.4 Å². The highest BCUT2D eigenvalue weighted by molar-refractivity contribution is 9.10. The molecule has 0 aliphatic heterocycles. The molecule has 0 radical (unpaired) electrons. The zero-order valence-corrected chi connectivity index (χ0v) is 11.4. The number of halogens is 2. The summed E-state index contributed by atoms with van der Waals surface area (Å²) in [5, 5.41) is 0.311. The predicted molar refractivity (Wildman–Crippen MR) is 73.3 cm³/mol. The first-order chi connectivity index (χ1) is 8.74. The van der Waals surface area contributed by atoms with Gasteiger partial charge >= 0.3 is 0 Å². The number of aromatic nitrogens is 4. The highest BCUT2D eigenvalue weighted by Crippen LogP contribution is 2.23. The Hall–Kier alpha value is -1.59. The van der Waals surface area contributed by atoms with Crippen molar-refractivity contribution >= 4 is 38.7 Å². The molecule has 1 aromatic carbocycles. The summed E-state index contributed by atoms with van der Waals surface area (Å²) in [5.74, 6) is 0.542. The lowest BCUT2D eigenvalue weighted by molar-refractivity contribution is 1.15. The van der Waals surface area contributed by atoms with Gasteiger partial charge in [0.25, 0.3) is 0 Å². The molecule has 0 fully saturated rings. The monoisotopic (exact) mass is 320 g/mol. The molecule has 88 valence electrons. The van der Waals surface area contributed by atoms with E-state index < -0.39 is 0 Å². The molecule has 3 aromatic rings. The van der Waals surface area contributed by atoms with Crippen molar-refractivity contribution in [2.24, 2.45) is 0 Å². The molecular formula is C12H6BrClN4. The van der Waals surface area contributed by atoms with Gasteiger partial charge in [-0.15, -0.1) is 0 Å². The molecule has 0 atom stereocenters. The average molecular weight is 322 g/mol. The Kier molecular flexibility index (Phi) is 2.93. The minimum Gasteiger partial charge on any atom is -0.248 e. The van der Waals surface area contributed by atoms with Crippen LogP contribution in [0, 0.1) is 0 Å². The molecular weight excluding hydrogens is 316 g/mol. The van der Waals surface area contributed by atoms with E-state index in [1.807, 2.05) is 24.3 Å². The van der Waals surface area contributed by atoms with E-state index in [-0.39, 0.29) is 0 Å². The van der Waals surface area contributed by atoms with Crippen LogP contribution in [0.3, 0.4) is 0 Å². The zero-order chi connectivity index (χ0) is 12.5. The Morgan fingerprint density at radius 2 is 1.67 bits per heavy atom. The van der Waals surface area contributed by atoms with Crippen molar-refractivity contribution in [1.29, 1.82) is 0 Å². The summed E-state index contributed by atoms with van der Waals surface area (Å²) >= 11 is 9.46. The van der Waals surface area contributed by atoms with E-state index in [0.29, 0.717) is 22.1 Å². The fourth-order valence-corrected chi connectivity index (χ4v) is 2.04. The number of hydrogen-bond acceptors (Lipinski definition) is 4. The smallest absolute Gasteiger partial charge is 0.183 e. The molecule has 0 amide bonds. The minimum atomic E-state index is 0.311. The van der Waals surface area contributed by atoms with Crippen LogP contribution < -0.4 is 0 Å². The number of fused-ring (bicyclic) bond motifs is 1. The molecule has 18 heavy (non-hydrogen) atoms. The van der Waals surface area contributed by atoms with Crippen LogP contribution in [0.2, 0.25) is 5.15 Å². The van der Waals surface area contributed by atoms with E-state index in [0.717, 1.165) is 10.0 Å². The van der Waals surface area contributed by atoms with Gasteiger partial charge in [-0.05, 0) is 12.1 Å². The third kappa shape index (κ3) is 2.07. The summed E-state index contributed by atoms with van der Waals surface area (Å²) in [6, 6.07) is 7.68. The Morgan fingerprint density at radius 3 is 2.44 bits per heavy atom. The van der Waals surface area contributed by atoms with Gasteiger partial charge in [0.05, 0.1) is 0 Å². The summed E-state index contributed by atoms with van der Waals surface area (Å²) < 4.78 is 0.998. The molecule has 0 aliphatic rings. The maximum atomic E-state index is 6.08. The van der Waals surface area contributed by atoms with Crippen LogP contribution in [-0.4, -0.2) is 19.9 Å². The highest BCUT2D eigenvalue weighted by atomic mass is 79.9. The predicted octanol–water partition coefficient (Wildman–Crippen LogP) is 3.50. The van der Waals surface area contributed by atoms with Gasteiger partial charge in [-0.1, -0.05) is 39.7 Å². The summed E-state index contributed by atoms with van der Waals surface area (Å²) in [4.78, 5) is 16.8. The lowest BCUT2D eigenvalue weighted by Gasteiger charge is -2.03. The van der Waals surface area contributed by atoms with Gasteiger partial charge < -0.3 is 0 Å². The molecule has 0 aliphatic carbocycles. The second kappa shape index (κ2) is 4.59. The fourth-order valence-electron chi connectivity index (χ4n) is 1.56. The zero-order valence-electron chi connectivity index (χ0n) is 9.01. The van der Waals surface area contributed by atoms with Crippen molar-refractivity contribution in [1.82, 2.24) is 19.9 Å². The van der Waals surface area contributed by atoms with E-state index in [9.17, 15) is 0 Å². The summed E-state index contributed by atoms with van der Waals surface area (Å²) in [7, 11) is 0. The van der Waals surface area contributed by atoms with Gasteiger partial charge in [-0.3, -0.25) is 0 Å². The first kappa shape index (κ1) is 11.5. The van der Waals surface area contributed by atoms with Crippen LogP contribution in [0.25, 0.3) is 22.6 Å². The second-order valence-corrected chi connectivity index (χ2v) is 4.85. The number of hydrogen-bond donors (Lipinski definition) is 0. The molecule has 0 saturated carbocycles. The molecule has 2 aromatic heterocycles. The van der Waals surface area contributed by atoms with Crippen LogP contribution >= 0.6 is 27.5 Å². The van der Waals surface area contributed by atoms with Crippen molar-refractivity contribution in [3.05, 3.63) is 46.3 Å². The molecule has 0 N–H and O–H groups in total. The second-order valence-electron chi connectivity index (χ2n) is 3.57. The highest BCUT2D eigenvalue weighted by Gasteiger charge is 2.09. The molecule has 0 saturated heterocycles. The van der Waals surface area contributed by atoms with E-state index >= 15 is 0 Å². The molecule has 6 heteroatoms. The van der Waals surface area contributed by atoms with Crippen LogP contribution in [0.5, 0.6) is 0 Å². The topological polar surface area (TPSA) is 51.6 Å². The molecule has 3 rings (SSSR count). The Morgan fingerprint density at radius 1 is 0.944 bits per heavy atom. The van der Waals surface area contributed by atoms with E-state index in [2.05, 4.69) is 35.9 Å². The van der Waals surface area contributed by atoms with Crippen molar-refractivity contribution in [3.63, 3.8) is 0 Å². The maximum absolute atomic E-state index is 6.08. The average Bonchev–Trinajstić information content (AvgIpc) is 2.39. The van der Waals surface area contributed by atoms with Gasteiger partial charge in [0.2, 0.25) is 0 Å². The van der Waals surface area contributed by atoms with Crippen LogP contribution in [-0.2, 0) is 0 Å². The van der Waals surface area contributed by atoms with Gasteiger partial charge in [0, 0.05) is 22.4 Å². The largest absolute Gasteiger partial charge is 0.248 e. The van der Waals surface area contributed by atoms with Crippen molar-refractivity contribution < 1.29 is 0 Å².